The summed E-state index contributed by atoms with van der Waals surface area (Å²) in [5, 5.41) is 0.757. The second-order valence-electron chi connectivity index (χ2n) is 8.99. The van der Waals surface area contributed by atoms with Crippen LogP contribution in [0.25, 0.3) is 0 Å². The van der Waals surface area contributed by atoms with Crippen molar-refractivity contribution in [3.63, 3.8) is 0 Å². The first kappa shape index (κ1) is 20.9. The Labute approximate surface area is 188 Å². The highest BCUT2D eigenvalue weighted by Gasteiger charge is 2.36. The van der Waals surface area contributed by atoms with Gasteiger partial charge in [0.05, 0.1) is 0 Å². The molecule has 0 bridgehead atoms. The second kappa shape index (κ2) is 8.89. The number of carbonyl (C=O) groups excluding carboxylic acids is 1. The van der Waals surface area contributed by atoms with Crippen molar-refractivity contribution in [2.45, 2.75) is 31.2 Å². The zero-order valence-electron chi connectivity index (χ0n) is 17.8. The molecule has 2 aromatic rings. The van der Waals surface area contributed by atoms with E-state index in [0.29, 0.717) is 18.4 Å². The van der Waals surface area contributed by atoms with Crippen molar-refractivity contribution >= 4 is 17.5 Å². The highest BCUT2D eigenvalue weighted by Crippen LogP contribution is 2.47. The van der Waals surface area contributed by atoms with Gasteiger partial charge in [0.15, 0.2) is 0 Å². The summed E-state index contributed by atoms with van der Waals surface area (Å²) in [4.78, 5) is 18.9. The topological polar surface area (TPSA) is 26.8 Å². The van der Waals surface area contributed by atoms with Crippen molar-refractivity contribution in [3.8, 4) is 0 Å². The van der Waals surface area contributed by atoms with Gasteiger partial charge in [-0.1, -0.05) is 29.8 Å². The first-order valence-electron chi connectivity index (χ1n) is 11.4. The number of likely N-dealkylation sites (tertiary alicyclic amines) is 1. The van der Waals surface area contributed by atoms with Crippen LogP contribution < -0.4 is 0 Å². The van der Waals surface area contributed by atoms with Crippen LogP contribution in [-0.4, -0.2) is 66.4 Å². The number of amides is 1. The largest absolute Gasteiger partial charge is 0.341 e. The average Bonchev–Trinajstić information content (AvgIpc) is 3.36. The van der Waals surface area contributed by atoms with Crippen LogP contribution >= 0.6 is 11.6 Å². The van der Waals surface area contributed by atoms with Crippen LogP contribution in [0.1, 0.15) is 47.9 Å². The molecule has 2 fully saturated rings. The molecule has 2 atom stereocenters. The molecule has 164 valence electrons. The molecule has 0 unspecified atom stereocenters. The van der Waals surface area contributed by atoms with E-state index < -0.39 is 0 Å². The Morgan fingerprint density at radius 1 is 0.935 bits per heavy atom. The van der Waals surface area contributed by atoms with Crippen LogP contribution in [0.3, 0.4) is 0 Å². The highest BCUT2D eigenvalue weighted by molar-refractivity contribution is 6.30. The fraction of sp³-hybridized carbons (Fsp3) is 0.480. The summed E-state index contributed by atoms with van der Waals surface area (Å²) in [7, 11) is 0. The number of nitrogens with zero attached hydrogens (tertiary/aromatic N) is 3. The first-order valence-corrected chi connectivity index (χ1v) is 11.8. The van der Waals surface area contributed by atoms with Crippen LogP contribution in [0.15, 0.2) is 42.5 Å². The molecule has 0 saturated carbocycles. The van der Waals surface area contributed by atoms with Gasteiger partial charge in [0.25, 0.3) is 0 Å². The van der Waals surface area contributed by atoms with Crippen LogP contribution in [-0.2, 0) is 4.79 Å². The number of rotatable bonds is 5. The van der Waals surface area contributed by atoms with Gasteiger partial charge in [-0.05, 0) is 53.8 Å². The molecule has 3 aliphatic rings. The lowest BCUT2D eigenvalue weighted by Crippen LogP contribution is -2.49. The monoisotopic (exact) mass is 441 g/mol. The number of hydrogen-bond acceptors (Lipinski definition) is 3. The van der Waals surface area contributed by atoms with E-state index in [4.69, 9.17) is 11.6 Å². The van der Waals surface area contributed by atoms with Gasteiger partial charge in [0.1, 0.15) is 5.82 Å². The van der Waals surface area contributed by atoms with Gasteiger partial charge in [0, 0.05) is 69.2 Å². The molecule has 1 amide bonds. The molecule has 2 aromatic carbocycles. The Hall–Kier alpha value is -1.95. The van der Waals surface area contributed by atoms with Crippen molar-refractivity contribution in [3.05, 3.63) is 70.0 Å². The summed E-state index contributed by atoms with van der Waals surface area (Å²) in [6.07, 6.45) is 2.73. The molecule has 0 N–H and O–H groups in total. The average molecular weight is 442 g/mol. The quantitative estimate of drug-likeness (QED) is 0.692. The highest BCUT2D eigenvalue weighted by atomic mass is 35.5. The van der Waals surface area contributed by atoms with Gasteiger partial charge in [-0.15, -0.1) is 0 Å². The molecule has 2 heterocycles. The third-order valence-corrected chi connectivity index (χ3v) is 7.45. The van der Waals surface area contributed by atoms with Gasteiger partial charge >= 0.3 is 0 Å². The smallest absolute Gasteiger partial charge is 0.222 e. The van der Waals surface area contributed by atoms with Crippen LogP contribution in [0.5, 0.6) is 0 Å². The lowest BCUT2D eigenvalue weighted by atomic mass is 9.93. The molecule has 2 aliphatic heterocycles. The van der Waals surface area contributed by atoms with E-state index in [9.17, 15) is 9.18 Å². The SMILES string of the molecule is O=C1CCCN1CCN1CCN([C@H]2C[C@H](c3ccc(F)cc3)c3cc(Cl)ccc32)CC1. The Kier molecular flexibility index (Phi) is 6.00. The number of benzene rings is 2. The van der Waals surface area contributed by atoms with E-state index in [-0.39, 0.29) is 11.7 Å². The van der Waals surface area contributed by atoms with E-state index in [1.54, 1.807) is 12.1 Å². The standard InChI is InChI=1S/C25H29ClFN3O/c26-19-5-8-21-23(16-19)22(18-3-6-20(27)7-4-18)17-24(21)29-13-10-28(11-14-29)12-15-30-9-1-2-25(30)31/h3-8,16,22,24H,1-2,9-15,17H2/t22-,24+/m1/s1. The maximum absolute atomic E-state index is 13.5. The molecule has 31 heavy (non-hydrogen) atoms. The summed E-state index contributed by atoms with van der Waals surface area (Å²) in [5.74, 6) is 0.363. The minimum Gasteiger partial charge on any atom is -0.341 e. The molecular weight excluding hydrogens is 413 g/mol. The maximum Gasteiger partial charge on any atom is 0.222 e. The third-order valence-electron chi connectivity index (χ3n) is 7.22. The van der Waals surface area contributed by atoms with Crippen LogP contribution in [0.2, 0.25) is 5.02 Å². The zero-order valence-corrected chi connectivity index (χ0v) is 18.5. The number of hydrogen-bond donors (Lipinski definition) is 0. The molecule has 0 aromatic heterocycles. The molecule has 4 nitrogen and oxygen atoms in total. The normalized spacial score (nSPS) is 24.7. The fourth-order valence-electron chi connectivity index (χ4n) is 5.49. The molecule has 2 saturated heterocycles. The number of piperazine rings is 1. The fourth-order valence-corrected chi connectivity index (χ4v) is 5.67. The van der Waals surface area contributed by atoms with Crippen LogP contribution in [0.4, 0.5) is 4.39 Å². The summed E-state index contributed by atoms with van der Waals surface area (Å²) < 4.78 is 13.5. The predicted octanol–water partition coefficient (Wildman–Crippen LogP) is 4.30. The van der Waals surface area contributed by atoms with Gasteiger partial charge in [-0.3, -0.25) is 14.6 Å². The molecule has 5 rings (SSSR count). The Morgan fingerprint density at radius 2 is 1.71 bits per heavy atom. The van der Waals surface area contributed by atoms with Crippen LogP contribution in [0, 0.1) is 5.82 Å². The Balaban J connectivity index is 1.25. The summed E-state index contributed by atoms with van der Waals surface area (Å²) in [6, 6.07) is 13.5. The number of halogens is 2. The summed E-state index contributed by atoms with van der Waals surface area (Å²) >= 11 is 6.34. The van der Waals surface area contributed by atoms with E-state index in [1.807, 2.05) is 23.1 Å². The predicted molar refractivity (Wildman–Crippen MR) is 121 cm³/mol. The second-order valence-corrected chi connectivity index (χ2v) is 9.43. The molecule has 1 aliphatic carbocycles. The van der Waals surface area contributed by atoms with Gasteiger partial charge < -0.3 is 4.90 Å². The number of carbonyl (C=O) groups is 1. The van der Waals surface area contributed by atoms with E-state index >= 15 is 0 Å². The van der Waals surface area contributed by atoms with Crippen molar-refractivity contribution in [1.82, 2.24) is 14.7 Å². The van der Waals surface area contributed by atoms with E-state index in [0.717, 1.165) is 69.2 Å². The summed E-state index contributed by atoms with van der Waals surface area (Å²) in [5.41, 5.74) is 3.79. The Morgan fingerprint density at radius 3 is 2.42 bits per heavy atom. The number of fused-ring (bicyclic) bond motifs is 1. The molecule has 6 heteroatoms. The van der Waals surface area contributed by atoms with Crippen molar-refractivity contribution < 1.29 is 9.18 Å². The van der Waals surface area contributed by atoms with Crippen molar-refractivity contribution in [2.24, 2.45) is 0 Å². The first-order chi connectivity index (χ1) is 15.1. The van der Waals surface area contributed by atoms with Gasteiger partial charge in [-0.25, -0.2) is 4.39 Å². The minimum absolute atomic E-state index is 0.198. The lowest BCUT2D eigenvalue weighted by Gasteiger charge is -2.39. The van der Waals surface area contributed by atoms with E-state index in [1.165, 1.54) is 11.1 Å². The maximum atomic E-state index is 13.5. The third kappa shape index (κ3) is 4.36. The zero-order chi connectivity index (χ0) is 21.4. The minimum atomic E-state index is -0.198. The Bertz CT molecular complexity index is 942. The molecule has 0 spiro atoms. The molecular formula is C25H29ClFN3O. The summed E-state index contributed by atoms with van der Waals surface area (Å²) in [6.45, 7) is 6.86. The van der Waals surface area contributed by atoms with Gasteiger partial charge in [0.2, 0.25) is 5.91 Å². The van der Waals surface area contributed by atoms with E-state index in [2.05, 4.69) is 21.9 Å². The molecule has 0 radical (unpaired) electrons. The lowest BCUT2D eigenvalue weighted by molar-refractivity contribution is -0.127. The van der Waals surface area contributed by atoms with Crippen molar-refractivity contribution in [1.29, 1.82) is 0 Å². The van der Waals surface area contributed by atoms with Crippen molar-refractivity contribution in [2.75, 3.05) is 45.8 Å². The van der Waals surface area contributed by atoms with Gasteiger partial charge in [-0.2, -0.15) is 0 Å².